The monoisotopic (exact) mass is 1120 g/mol. The van der Waals surface area contributed by atoms with Crippen LogP contribution in [0.1, 0.15) is 0 Å². The molecule has 0 unspecified atom stereocenters. The van der Waals surface area contributed by atoms with Crippen LogP contribution in [0.25, 0.3) is 90.1 Å². The third kappa shape index (κ3) is 7.84. The van der Waals surface area contributed by atoms with Crippen LogP contribution in [0.5, 0.6) is 0 Å². The molecule has 0 N–H and O–H groups in total. The van der Waals surface area contributed by atoms with E-state index < -0.39 is 16.1 Å². The number of thiophene rings is 2. The summed E-state index contributed by atoms with van der Waals surface area (Å²) in [4.78, 5) is 0. The van der Waals surface area contributed by atoms with Gasteiger partial charge in [-0.1, -0.05) is 285 Å². The Hall–Kier alpha value is -9.47. The second-order valence-corrected chi connectivity index (χ2v) is 31.5. The predicted octanol–water partition coefficient (Wildman–Crippen LogP) is 15.6. The highest BCUT2D eigenvalue weighted by Gasteiger charge is 2.44. The van der Waals surface area contributed by atoms with E-state index in [0.29, 0.717) is 0 Å². The van der Waals surface area contributed by atoms with E-state index in [0.717, 1.165) is 5.69 Å². The van der Waals surface area contributed by atoms with Crippen molar-refractivity contribution in [3.63, 3.8) is 0 Å². The first-order chi connectivity index (χ1) is 41.2. The van der Waals surface area contributed by atoms with Crippen molar-refractivity contribution in [2.24, 2.45) is 0 Å². The van der Waals surface area contributed by atoms with Gasteiger partial charge in [0, 0.05) is 56.8 Å². The van der Waals surface area contributed by atoms with Gasteiger partial charge in [0.15, 0.2) is 16.1 Å². The van der Waals surface area contributed by atoms with Gasteiger partial charge in [0.05, 0.1) is 11.0 Å². The number of benzene rings is 13. The Balaban J connectivity index is 0.974. The maximum absolute atomic E-state index is 3.11. The number of fused-ring (bicyclic) bond motifs is 9. The molecule has 0 atom stereocenters. The molecule has 0 bridgehead atoms. The van der Waals surface area contributed by atoms with Crippen LogP contribution in [0.15, 0.2) is 322 Å². The maximum atomic E-state index is 2.60. The third-order valence-electron chi connectivity index (χ3n) is 17.5. The van der Waals surface area contributed by atoms with Gasteiger partial charge in [-0.3, -0.25) is 0 Å². The second kappa shape index (κ2) is 20.2. The number of nitrogens with zero attached hydrogens (tertiary/aromatic N) is 1. The van der Waals surface area contributed by atoms with Crippen molar-refractivity contribution in [3.05, 3.63) is 322 Å². The smallest absolute Gasteiger partial charge is 0.179 e. The van der Waals surface area contributed by atoms with Crippen LogP contribution < -0.4 is 41.5 Å². The normalized spacial score (nSPS) is 12.1. The lowest BCUT2D eigenvalue weighted by molar-refractivity contribution is 1.18. The fourth-order valence-electron chi connectivity index (χ4n) is 13.9. The van der Waals surface area contributed by atoms with E-state index in [1.807, 2.05) is 22.7 Å². The number of hydrogen-bond acceptors (Lipinski definition) is 2. The standard InChI is InChI=1S/C78H53NS2Si2/c1-6-26-56(27-7-1)79-73-48-46-63(82(57-28-8-2-9-29-57,58-30-10-3-11-31-58)61-36-20-24-54(50-61)65-40-22-42-69-67-38-16-18-44-75(67)80-77(65)69)52-71(73)72-53-64(47-49-74(72)79)83(59-32-12-4-13-33-59,60-34-14-5-15-35-60)62-37-21-25-55(51-62)66-41-23-43-70-68-39-17-19-45-76(68)81-78(66)70/h1-53H. The molecule has 16 rings (SSSR count). The van der Waals surface area contributed by atoms with Gasteiger partial charge in [-0.05, 0) is 100 Å². The van der Waals surface area contributed by atoms with E-state index in [2.05, 4.69) is 326 Å². The van der Waals surface area contributed by atoms with Crippen molar-refractivity contribution < 1.29 is 0 Å². The number of para-hydroxylation sites is 1. The summed E-state index contributed by atoms with van der Waals surface area (Å²) in [6.45, 7) is 0. The van der Waals surface area contributed by atoms with Gasteiger partial charge < -0.3 is 4.57 Å². The Labute approximate surface area is 492 Å². The maximum Gasteiger partial charge on any atom is 0.179 e. The summed E-state index contributed by atoms with van der Waals surface area (Å²) in [5.74, 6) is 0. The lowest BCUT2D eigenvalue weighted by atomic mass is 10.0. The van der Waals surface area contributed by atoms with Crippen LogP contribution in [0, 0.1) is 0 Å². The quantitative estimate of drug-likeness (QED) is 0.0899. The number of rotatable bonds is 11. The van der Waals surface area contributed by atoms with Crippen molar-refractivity contribution in [1.82, 2.24) is 4.57 Å². The minimum absolute atomic E-state index is 1.14. The molecule has 0 fully saturated rings. The molecule has 5 heteroatoms. The molecular formula is C78H53NS2Si2. The molecule has 0 saturated carbocycles. The van der Waals surface area contributed by atoms with Gasteiger partial charge in [0.2, 0.25) is 0 Å². The van der Waals surface area contributed by atoms with E-state index in [4.69, 9.17) is 0 Å². The van der Waals surface area contributed by atoms with E-state index in [-0.39, 0.29) is 0 Å². The molecule has 0 aliphatic heterocycles. The van der Waals surface area contributed by atoms with Crippen molar-refractivity contribution in [1.29, 1.82) is 0 Å². The zero-order valence-electron chi connectivity index (χ0n) is 45.4. The van der Waals surface area contributed by atoms with E-state index >= 15 is 0 Å². The van der Waals surface area contributed by atoms with Crippen LogP contribution in [0.2, 0.25) is 0 Å². The molecule has 0 spiro atoms. The van der Waals surface area contributed by atoms with Crippen LogP contribution in [-0.2, 0) is 0 Å². The third-order valence-corrected chi connectivity index (χ3v) is 29.4. The molecule has 390 valence electrons. The Morgan fingerprint density at radius 1 is 0.229 bits per heavy atom. The first-order valence-electron chi connectivity index (χ1n) is 28.6. The molecule has 0 saturated heterocycles. The molecule has 0 amide bonds. The Morgan fingerprint density at radius 2 is 0.554 bits per heavy atom. The molecular weight excluding hydrogens is 1070 g/mol. The van der Waals surface area contributed by atoms with Gasteiger partial charge in [-0.15, -0.1) is 22.7 Å². The molecule has 83 heavy (non-hydrogen) atoms. The van der Waals surface area contributed by atoms with Crippen molar-refractivity contribution in [3.8, 4) is 27.9 Å². The highest BCUT2D eigenvalue weighted by atomic mass is 32.1. The fraction of sp³-hybridized carbons (Fsp3) is 0. The van der Waals surface area contributed by atoms with E-state index in [9.17, 15) is 0 Å². The summed E-state index contributed by atoms with van der Waals surface area (Å²) in [5, 5.41) is 18.5. The summed E-state index contributed by atoms with van der Waals surface area (Å²) in [5.41, 5.74) is 8.54. The fourth-order valence-corrected chi connectivity index (χ4v) is 26.0. The molecule has 13 aromatic carbocycles. The van der Waals surface area contributed by atoms with Crippen molar-refractivity contribution >= 4 is 142 Å². The number of aromatic nitrogens is 1. The lowest BCUT2D eigenvalue weighted by Gasteiger charge is -2.35. The Kier molecular flexibility index (Phi) is 12.0. The Bertz CT molecular complexity index is 4710. The molecule has 0 aliphatic rings. The summed E-state index contributed by atoms with van der Waals surface area (Å²) in [6.07, 6.45) is 0. The van der Waals surface area contributed by atoms with Crippen LogP contribution in [-0.4, -0.2) is 20.7 Å². The topological polar surface area (TPSA) is 4.93 Å². The summed E-state index contributed by atoms with van der Waals surface area (Å²) < 4.78 is 7.79. The van der Waals surface area contributed by atoms with Gasteiger partial charge in [0.25, 0.3) is 0 Å². The first kappa shape index (κ1) is 49.4. The lowest BCUT2D eigenvalue weighted by Crippen LogP contribution is -2.74. The average molecular weight is 1120 g/mol. The zero-order valence-corrected chi connectivity index (χ0v) is 49.0. The highest BCUT2D eigenvalue weighted by molar-refractivity contribution is 7.27. The average Bonchev–Trinajstić information content (AvgIpc) is 3.40. The van der Waals surface area contributed by atoms with Gasteiger partial charge in [0.1, 0.15) is 0 Å². The van der Waals surface area contributed by atoms with E-state index in [1.165, 1.54) is 126 Å². The highest BCUT2D eigenvalue weighted by Crippen LogP contribution is 2.42. The molecule has 3 heterocycles. The van der Waals surface area contributed by atoms with Crippen molar-refractivity contribution in [2.45, 2.75) is 0 Å². The molecule has 0 aliphatic carbocycles. The number of hydrogen-bond donors (Lipinski definition) is 0. The van der Waals surface area contributed by atoms with Crippen molar-refractivity contribution in [2.75, 3.05) is 0 Å². The van der Waals surface area contributed by atoms with E-state index in [1.54, 1.807) is 0 Å². The SMILES string of the molecule is c1ccc(-n2c3ccc([Si](c4ccccc4)(c4ccccc4)c4cccc(-c5cccc6c5sc5ccccc56)c4)cc3c3cc([Si](c4ccccc4)(c4ccccc4)c4cccc(-c5cccc6c5sc5ccccc56)c4)ccc32)cc1. The van der Waals surface area contributed by atoms with Crippen LogP contribution in [0.4, 0.5) is 0 Å². The van der Waals surface area contributed by atoms with Crippen LogP contribution in [0.3, 0.4) is 0 Å². The molecule has 3 aromatic heterocycles. The van der Waals surface area contributed by atoms with Gasteiger partial charge >= 0.3 is 0 Å². The predicted molar refractivity (Wildman–Crippen MR) is 365 cm³/mol. The molecule has 1 nitrogen and oxygen atoms in total. The molecule has 0 radical (unpaired) electrons. The summed E-state index contributed by atoms with van der Waals surface area (Å²) in [7, 11) is -6.22. The van der Waals surface area contributed by atoms with Gasteiger partial charge in [-0.2, -0.15) is 0 Å². The van der Waals surface area contributed by atoms with Gasteiger partial charge in [-0.25, -0.2) is 0 Å². The largest absolute Gasteiger partial charge is 0.309 e. The minimum atomic E-state index is -3.11. The Morgan fingerprint density at radius 3 is 0.964 bits per heavy atom. The molecule has 16 aromatic rings. The first-order valence-corrected chi connectivity index (χ1v) is 34.2. The van der Waals surface area contributed by atoms with Crippen LogP contribution >= 0.6 is 22.7 Å². The minimum Gasteiger partial charge on any atom is -0.309 e. The zero-order chi connectivity index (χ0) is 54.9. The second-order valence-electron chi connectivity index (χ2n) is 21.8. The summed E-state index contributed by atoms with van der Waals surface area (Å²) >= 11 is 3.80. The summed E-state index contributed by atoms with van der Waals surface area (Å²) in [6, 6.07) is 122.